The zero-order chi connectivity index (χ0) is 15.2. The Balaban J connectivity index is 2.49. The Kier molecular flexibility index (Phi) is 6.49. The molecule has 0 aliphatic heterocycles. The van der Waals surface area contributed by atoms with Gasteiger partial charge in [-0.3, -0.25) is 0 Å². The molecular weight excluding hydrogens is 267 g/mol. The quantitative estimate of drug-likeness (QED) is 0.749. The molecule has 0 saturated heterocycles. The molecule has 0 heterocycles. The molecule has 0 spiro atoms. The Labute approximate surface area is 118 Å². The van der Waals surface area contributed by atoms with E-state index in [2.05, 4.69) is 5.32 Å². The van der Waals surface area contributed by atoms with Gasteiger partial charge in [0.2, 0.25) is 0 Å². The highest BCUT2D eigenvalue weighted by Crippen LogP contribution is 2.30. The summed E-state index contributed by atoms with van der Waals surface area (Å²) in [5.74, 6) is 0.265. The number of aliphatic hydroxyl groups is 1. The van der Waals surface area contributed by atoms with Crippen LogP contribution in [0.1, 0.15) is 43.9 Å². The van der Waals surface area contributed by atoms with Crippen LogP contribution in [0, 0.1) is 5.92 Å². The predicted octanol–water partition coefficient (Wildman–Crippen LogP) is 3.76. The van der Waals surface area contributed by atoms with Gasteiger partial charge in [0.1, 0.15) is 0 Å². The van der Waals surface area contributed by atoms with Crippen LogP contribution in [-0.4, -0.2) is 18.3 Å². The topological polar surface area (TPSA) is 32.3 Å². The first kappa shape index (κ1) is 17.0. The molecular formula is C15H22F3NO. The number of rotatable bonds is 7. The van der Waals surface area contributed by atoms with Gasteiger partial charge in [-0.2, -0.15) is 13.2 Å². The molecule has 2 atom stereocenters. The van der Waals surface area contributed by atoms with Crippen LogP contribution in [0.25, 0.3) is 0 Å². The maximum atomic E-state index is 12.6. The highest BCUT2D eigenvalue weighted by molar-refractivity contribution is 5.27. The minimum atomic E-state index is -4.30. The molecule has 2 unspecified atom stereocenters. The Morgan fingerprint density at radius 2 is 1.95 bits per heavy atom. The Morgan fingerprint density at radius 3 is 2.55 bits per heavy atom. The highest BCUT2D eigenvalue weighted by atomic mass is 19.4. The number of halogens is 3. The van der Waals surface area contributed by atoms with Crippen LogP contribution in [-0.2, 0) is 6.18 Å². The summed E-state index contributed by atoms with van der Waals surface area (Å²) in [4.78, 5) is 0. The first-order chi connectivity index (χ1) is 9.34. The fourth-order valence-electron chi connectivity index (χ4n) is 1.96. The number of aliphatic hydroxyl groups excluding tert-OH is 1. The molecule has 1 rings (SSSR count). The molecule has 1 aromatic rings. The second-order valence-electron chi connectivity index (χ2n) is 5.23. The Bertz CT molecular complexity index is 406. The van der Waals surface area contributed by atoms with Gasteiger partial charge in [0, 0.05) is 12.6 Å². The summed E-state index contributed by atoms with van der Waals surface area (Å²) in [6.07, 6.45) is -2.50. The van der Waals surface area contributed by atoms with Gasteiger partial charge >= 0.3 is 6.18 Å². The lowest BCUT2D eigenvalue weighted by Gasteiger charge is -2.16. The molecule has 0 saturated carbocycles. The van der Waals surface area contributed by atoms with Crippen molar-refractivity contribution in [1.82, 2.24) is 5.32 Å². The third-order valence-corrected chi connectivity index (χ3v) is 3.35. The van der Waals surface area contributed by atoms with Crippen LogP contribution in [0.2, 0.25) is 0 Å². The van der Waals surface area contributed by atoms with E-state index >= 15 is 0 Å². The predicted molar refractivity (Wildman–Crippen MR) is 73.3 cm³/mol. The smallest absolute Gasteiger partial charge is 0.396 e. The molecule has 0 radical (unpaired) electrons. The van der Waals surface area contributed by atoms with Gasteiger partial charge in [0.25, 0.3) is 0 Å². The fraction of sp³-hybridized carbons (Fsp3) is 0.600. The molecule has 5 heteroatoms. The summed E-state index contributed by atoms with van der Waals surface area (Å²) in [7, 11) is 0. The van der Waals surface area contributed by atoms with Gasteiger partial charge < -0.3 is 10.4 Å². The molecule has 0 amide bonds. The summed E-state index contributed by atoms with van der Waals surface area (Å²) in [6, 6.07) is 5.28. The number of alkyl halides is 3. The Morgan fingerprint density at radius 1 is 1.25 bits per heavy atom. The normalized spacial score (nSPS) is 15.1. The van der Waals surface area contributed by atoms with E-state index in [1.807, 2.05) is 13.8 Å². The zero-order valence-electron chi connectivity index (χ0n) is 11.9. The minimum absolute atomic E-state index is 0.123. The summed E-state index contributed by atoms with van der Waals surface area (Å²) in [5.41, 5.74) is 0.0209. The monoisotopic (exact) mass is 289 g/mol. The van der Waals surface area contributed by atoms with Crippen LogP contribution >= 0.6 is 0 Å². The van der Waals surface area contributed by atoms with Crippen LogP contribution in [0.4, 0.5) is 13.2 Å². The molecule has 0 bridgehead atoms. The van der Waals surface area contributed by atoms with Gasteiger partial charge in [0.15, 0.2) is 0 Å². The summed E-state index contributed by atoms with van der Waals surface area (Å²) in [6.45, 7) is 4.71. The molecule has 114 valence electrons. The lowest BCUT2D eigenvalue weighted by molar-refractivity contribution is -0.137. The Hall–Kier alpha value is -1.07. The van der Waals surface area contributed by atoms with Crippen LogP contribution in [0.5, 0.6) is 0 Å². The van der Waals surface area contributed by atoms with Crippen molar-refractivity contribution in [3.8, 4) is 0 Å². The van der Waals surface area contributed by atoms with Crippen molar-refractivity contribution in [2.75, 3.05) is 13.2 Å². The maximum absolute atomic E-state index is 12.6. The van der Waals surface area contributed by atoms with E-state index in [0.29, 0.717) is 5.56 Å². The number of hydrogen-bond donors (Lipinski definition) is 2. The molecule has 2 nitrogen and oxygen atoms in total. The van der Waals surface area contributed by atoms with Crippen molar-refractivity contribution in [3.63, 3.8) is 0 Å². The standard InChI is InChI=1S/C15H22F3NO/c1-11(10-20)5-4-8-19-12(2)13-6-3-7-14(9-13)15(16,17)18/h3,6-7,9,11-12,19-20H,4-5,8,10H2,1-2H3. The molecule has 1 aromatic carbocycles. The van der Waals surface area contributed by atoms with E-state index in [1.165, 1.54) is 12.1 Å². The van der Waals surface area contributed by atoms with Gasteiger partial charge in [0.05, 0.1) is 5.56 Å². The van der Waals surface area contributed by atoms with Crippen LogP contribution < -0.4 is 5.32 Å². The van der Waals surface area contributed by atoms with E-state index in [4.69, 9.17) is 5.11 Å². The number of benzene rings is 1. The van der Waals surface area contributed by atoms with Gasteiger partial charge in [-0.05, 0) is 49.9 Å². The molecule has 0 fully saturated rings. The van der Waals surface area contributed by atoms with Gasteiger partial charge in [-0.25, -0.2) is 0 Å². The average Bonchev–Trinajstić information content (AvgIpc) is 2.42. The summed E-state index contributed by atoms with van der Waals surface area (Å²) < 4.78 is 37.9. The second-order valence-corrected chi connectivity index (χ2v) is 5.23. The van der Waals surface area contributed by atoms with E-state index in [1.54, 1.807) is 6.07 Å². The molecule has 20 heavy (non-hydrogen) atoms. The maximum Gasteiger partial charge on any atom is 0.416 e. The van der Waals surface area contributed by atoms with Crippen molar-refractivity contribution < 1.29 is 18.3 Å². The van der Waals surface area contributed by atoms with E-state index in [-0.39, 0.29) is 18.6 Å². The first-order valence-electron chi connectivity index (χ1n) is 6.86. The number of hydrogen-bond acceptors (Lipinski definition) is 2. The lowest BCUT2D eigenvalue weighted by atomic mass is 10.0. The lowest BCUT2D eigenvalue weighted by Crippen LogP contribution is -2.21. The average molecular weight is 289 g/mol. The fourth-order valence-corrected chi connectivity index (χ4v) is 1.96. The van der Waals surface area contributed by atoms with Crippen molar-refractivity contribution in [2.45, 2.75) is 38.9 Å². The molecule has 2 N–H and O–H groups in total. The molecule has 0 aromatic heterocycles. The third-order valence-electron chi connectivity index (χ3n) is 3.35. The van der Waals surface area contributed by atoms with E-state index < -0.39 is 11.7 Å². The van der Waals surface area contributed by atoms with E-state index in [9.17, 15) is 13.2 Å². The van der Waals surface area contributed by atoms with E-state index in [0.717, 1.165) is 25.5 Å². The third kappa shape index (κ3) is 5.51. The molecule has 0 aliphatic rings. The van der Waals surface area contributed by atoms with Crippen LogP contribution in [0.15, 0.2) is 24.3 Å². The summed E-state index contributed by atoms with van der Waals surface area (Å²) in [5, 5.41) is 12.1. The van der Waals surface area contributed by atoms with Crippen molar-refractivity contribution >= 4 is 0 Å². The van der Waals surface area contributed by atoms with Crippen LogP contribution in [0.3, 0.4) is 0 Å². The zero-order valence-corrected chi connectivity index (χ0v) is 11.9. The van der Waals surface area contributed by atoms with Crippen molar-refractivity contribution in [3.05, 3.63) is 35.4 Å². The number of nitrogens with one attached hydrogen (secondary N) is 1. The van der Waals surface area contributed by atoms with Crippen molar-refractivity contribution in [1.29, 1.82) is 0 Å². The first-order valence-corrected chi connectivity index (χ1v) is 6.86. The SMILES string of the molecule is CC(CO)CCCNC(C)c1cccc(C(F)(F)F)c1. The minimum Gasteiger partial charge on any atom is -0.396 e. The largest absolute Gasteiger partial charge is 0.416 e. The van der Waals surface area contributed by atoms with Crippen molar-refractivity contribution in [2.24, 2.45) is 5.92 Å². The summed E-state index contributed by atoms with van der Waals surface area (Å²) >= 11 is 0. The van der Waals surface area contributed by atoms with Gasteiger partial charge in [-0.1, -0.05) is 19.1 Å². The van der Waals surface area contributed by atoms with Gasteiger partial charge in [-0.15, -0.1) is 0 Å². The molecule has 0 aliphatic carbocycles. The highest BCUT2D eigenvalue weighted by Gasteiger charge is 2.30. The second kappa shape index (κ2) is 7.64.